The number of benzene rings is 2. The Bertz CT molecular complexity index is 1330. The summed E-state index contributed by atoms with van der Waals surface area (Å²) in [5.41, 5.74) is 1.57. The van der Waals surface area contributed by atoms with Crippen molar-refractivity contribution in [1.82, 2.24) is 20.1 Å². The van der Waals surface area contributed by atoms with Gasteiger partial charge >= 0.3 is 0 Å². The molecule has 0 spiro atoms. The summed E-state index contributed by atoms with van der Waals surface area (Å²) in [5.74, 6) is 2.80. The molecule has 3 heterocycles. The number of carbonyl (C=O) groups excluding carboxylic acids is 1. The zero-order valence-corrected chi connectivity index (χ0v) is 19.9. The smallest absolute Gasteiger partial charge is 0.258 e. The number of amides is 1. The topological polar surface area (TPSA) is 83.5 Å². The Balaban J connectivity index is 1.27. The van der Waals surface area contributed by atoms with Crippen LogP contribution in [0, 0.1) is 6.92 Å². The van der Waals surface area contributed by atoms with Gasteiger partial charge < -0.3 is 19.9 Å². The molecule has 1 amide bonds. The maximum absolute atomic E-state index is 13.6. The minimum atomic E-state index is 0.00110. The summed E-state index contributed by atoms with van der Waals surface area (Å²) < 4.78 is 5.82. The third-order valence-corrected chi connectivity index (χ3v) is 6.09. The molecule has 0 saturated carbocycles. The van der Waals surface area contributed by atoms with E-state index in [0.717, 1.165) is 28.1 Å². The van der Waals surface area contributed by atoms with Crippen molar-refractivity contribution >= 4 is 34.1 Å². The van der Waals surface area contributed by atoms with Crippen molar-refractivity contribution in [3.05, 3.63) is 78.0 Å². The summed E-state index contributed by atoms with van der Waals surface area (Å²) in [6.07, 6.45) is 0. The van der Waals surface area contributed by atoms with Gasteiger partial charge in [-0.2, -0.15) is 0 Å². The van der Waals surface area contributed by atoms with Crippen LogP contribution in [0.25, 0.3) is 10.8 Å². The fourth-order valence-corrected chi connectivity index (χ4v) is 4.35. The van der Waals surface area contributed by atoms with Crippen LogP contribution in [0.1, 0.15) is 23.0 Å². The van der Waals surface area contributed by atoms with Gasteiger partial charge in [0, 0.05) is 31.9 Å². The molecule has 8 heteroatoms. The Morgan fingerprint density at radius 2 is 1.74 bits per heavy atom. The van der Waals surface area contributed by atoms with Crippen molar-refractivity contribution in [2.45, 2.75) is 13.8 Å². The number of anilines is 3. The minimum absolute atomic E-state index is 0.00110. The normalized spacial score (nSPS) is 13.7. The molecule has 5 rings (SSSR count). The average molecular weight is 469 g/mol. The van der Waals surface area contributed by atoms with Crippen LogP contribution in [-0.4, -0.2) is 58.8 Å². The maximum atomic E-state index is 13.6. The number of carbonyl (C=O) groups is 1. The second-order valence-electron chi connectivity index (χ2n) is 8.44. The summed E-state index contributed by atoms with van der Waals surface area (Å²) in [7, 11) is 0. The fraction of sp³-hybridized carbons (Fsp3) is 0.259. The van der Waals surface area contributed by atoms with E-state index in [9.17, 15) is 4.79 Å². The molecule has 35 heavy (non-hydrogen) atoms. The van der Waals surface area contributed by atoms with Crippen molar-refractivity contribution < 1.29 is 9.53 Å². The number of aryl methyl sites for hydroxylation is 1. The van der Waals surface area contributed by atoms with Gasteiger partial charge in [0.05, 0.1) is 12.2 Å². The predicted octanol–water partition coefficient (Wildman–Crippen LogP) is 4.44. The first kappa shape index (κ1) is 22.6. The van der Waals surface area contributed by atoms with E-state index < -0.39 is 0 Å². The number of hydrogen-bond donors (Lipinski definition) is 1. The van der Waals surface area contributed by atoms with Crippen LogP contribution >= 0.6 is 0 Å². The van der Waals surface area contributed by atoms with Gasteiger partial charge in [-0.05, 0) is 55.0 Å². The van der Waals surface area contributed by atoms with Crippen LogP contribution in [0.15, 0.2) is 66.7 Å². The molecule has 0 unspecified atom stereocenters. The molecule has 1 saturated heterocycles. The average Bonchev–Trinajstić information content (AvgIpc) is 2.89. The van der Waals surface area contributed by atoms with Gasteiger partial charge in [-0.15, -0.1) is 10.2 Å². The molecule has 2 aromatic carbocycles. The van der Waals surface area contributed by atoms with Crippen LogP contribution in [0.3, 0.4) is 0 Å². The number of rotatable bonds is 6. The molecule has 2 aromatic heterocycles. The highest BCUT2D eigenvalue weighted by Crippen LogP contribution is 2.30. The Morgan fingerprint density at radius 3 is 2.49 bits per heavy atom. The lowest BCUT2D eigenvalue weighted by Gasteiger charge is -2.35. The van der Waals surface area contributed by atoms with Crippen LogP contribution < -0.4 is 15.0 Å². The van der Waals surface area contributed by atoms with Crippen LogP contribution in [-0.2, 0) is 0 Å². The SMILES string of the molecule is CCOc1ccc2ccccc2c1C(=O)N1CCN(c2ccc(Nc3cccc(C)n3)nn2)CC1. The first-order valence-electron chi connectivity index (χ1n) is 11.9. The van der Waals surface area contributed by atoms with E-state index in [2.05, 4.69) is 25.4 Å². The lowest BCUT2D eigenvalue weighted by Crippen LogP contribution is -2.49. The number of nitrogens with zero attached hydrogens (tertiary/aromatic N) is 5. The molecule has 0 radical (unpaired) electrons. The summed E-state index contributed by atoms with van der Waals surface area (Å²) in [4.78, 5) is 22.1. The van der Waals surface area contributed by atoms with E-state index in [-0.39, 0.29) is 5.91 Å². The first-order chi connectivity index (χ1) is 17.1. The monoisotopic (exact) mass is 468 g/mol. The molecule has 4 aromatic rings. The Hall–Kier alpha value is -4.20. The van der Waals surface area contributed by atoms with Crippen LogP contribution in [0.5, 0.6) is 5.75 Å². The molecule has 0 bridgehead atoms. The van der Waals surface area contributed by atoms with Gasteiger partial charge in [-0.25, -0.2) is 4.98 Å². The van der Waals surface area contributed by atoms with Gasteiger partial charge in [0.15, 0.2) is 11.6 Å². The lowest BCUT2D eigenvalue weighted by molar-refractivity contribution is 0.0744. The van der Waals surface area contributed by atoms with E-state index in [1.165, 1.54) is 0 Å². The number of aromatic nitrogens is 3. The molecule has 1 N–H and O–H groups in total. The standard InChI is InChI=1S/C27H28N6O2/c1-3-35-22-12-11-20-8-4-5-9-21(20)26(22)27(34)33-17-15-32(16-18-33)25-14-13-24(30-31-25)29-23-10-6-7-19(2)28-23/h4-14H,3,15-18H2,1-2H3,(H,28,29,30). The highest BCUT2D eigenvalue weighted by atomic mass is 16.5. The number of hydrogen-bond acceptors (Lipinski definition) is 7. The molecule has 1 aliphatic rings. The van der Waals surface area contributed by atoms with Crippen molar-refractivity contribution in [3.63, 3.8) is 0 Å². The van der Waals surface area contributed by atoms with Crippen molar-refractivity contribution in [3.8, 4) is 5.75 Å². The molecular weight excluding hydrogens is 440 g/mol. The van der Waals surface area contributed by atoms with E-state index in [1.54, 1.807) is 0 Å². The Labute approximate surface area is 204 Å². The number of piperazine rings is 1. The third-order valence-electron chi connectivity index (χ3n) is 6.09. The fourth-order valence-electron chi connectivity index (χ4n) is 4.35. The summed E-state index contributed by atoms with van der Waals surface area (Å²) in [5, 5.41) is 13.8. The highest BCUT2D eigenvalue weighted by Gasteiger charge is 2.26. The third kappa shape index (κ3) is 4.87. The number of fused-ring (bicyclic) bond motifs is 1. The molecule has 8 nitrogen and oxygen atoms in total. The second-order valence-corrected chi connectivity index (χ2v) is 8.44. The summed E-state index contributed by atoms with van der Waals surface area (Å²) >= 11 is 0. The minimum Gasteiger partial charge on any atom is -0.493 e. The Kier molecular flexibility index (Phi) is 6.43. The molecular formula is C27H28N6O2. The van der Waals surface area contributed by atoms with Gasteiger partial charge in [0.2, 0.25) is 0 Å². The van der Waals surface area contributed by atoms with Crippen LogP contribution in [0.4, 0.5) is 17.5 Å². The number of pyridine rings is 1. The molecule has 1 aliphatic heterocycles. The zero-order chi connectivity index (χ0) is 24.2. The van der Waals surface area contributed by atoms with Crippen molar-refractivity contribution in [2.24, 2.45) is 0 Å². The maximum Gasteiger partial charge on any atom is 0.258 e. The van der Waals surface area contributed by atoms with E-state index in [0.29, 0.717) is 49.9 Å². The zero-order valence-electron chi connectivity index (χ0n) is 19.9. The number of nitrogens with one attached hydrogen (secondary N) is 1. The summed E-state index contributed by atoms with van der Waals surface area (Å²) in [6.45, 7) is 6.95. The van der Waals surface area contributed by atoms with Gasteiger partial charge in [-0.1, -0.05) is 36.4 Å². The van der Waals surface area contributed by atoms with Gasteiger partial charge in [-0.3, -0.25) is 4.79 Å². The largest absolute Gasteiger partial charge is 0.493 e. The molecule has 1 fully saturated rings. The highest BCUT2D eigenvalue weighted by molar-refractivity contribution is 6.09. The second kappa shape index (κ2) is 9.97. The quantitative estimate of drug-likeness (QED) is 0.448. The van der Waals surface area contributed by atoms with E-state index >= 15 is 0 Å². The van der Waals surface area contributed by atoms with Crippen molar-refractivity contribution in [2.75, 3.05) is 43.0 Å². The number of ether oxygens (including phenoxy) is 1. The van der Waals surface area contributed by atoms with Crippen molar-refractivity contribution in [1.29, 1.82) is 0 Å². The molecule has 0 atom stereocenters. The lowest BCUT2D eigenvalue weighted by atomic mass is 10.0. The van der Waals surface area contributed by atoms with Gasteiger partial charge in [0.1, 0.15) is 11.6 Å². The first-order valence-corrected chi connectivity index (χ1v) is 11.9. The van der Waals surface area contributed by atoms with Crippen LogP contribution in [0.2, 0.25) is 0 Å². The van der Waals surface area contributed by atoms with E-state index in [1.807, 2.05) is 85.5 Å². The molecule has 0 aliphatic carbocycles. The predicted molar refractivity (Wildman–Crippen MR) is 138 cm³/mol. The van der Waals surface area contributed by atoms with Gasteiger partial charge in [0.25, 0.3) is 5.91 Å². The van der Waals surface area contributed by atoms with E-state index in [4.69, 9.17) is 4.74 Å². The Morgan fingerprint density at radius 1 is 0.914 bits per heavy atom. The molecule has 178 valence electrons. The summed E-state index contributed by atoms with van der Waals surface area (Å²) in [6, 6.07) is 21.5.